The third-order valence-corrected chi connectivity index (χ3v) is 6.41. The van der Waals surface area contributed by atoms with E-state index in [2.05, 4.69) is 20.6 Å². The minimum Gasteiger partial charge on any atom is -0.326 e. The molecule has 3 heterocycles. The molecule has 1 aliphatic carbocycles. The van der Waals surface area contributed by atoms with Gasteiger partial charge in [-0.1, -0.05) is 17.4 Å². The van der Waals surface area contributed by atoms with Gasteiger partial charge in [0.25, 0.3) is 0 Å². The number of nitrogens with zero attached hydrogens (tertiary/aromatic N) is 4. The van der Waals surface area contributed by atoms with Crippen LogP contribution >= 0.6 is 11.3 Å². The zero-order valence-electron chi connectivity index (χ0n) is 18.5. The van der Waals surface area contributed by atoms with Crippen molar-refractivity contribution in [2.24, 2.45) is 0 Å². The topological polar surface area (TPSA) is 102 Å². The monoisotopic (exact) mass is 458 g/mol. The van der Waals surface area contributed by atoms with E-state index in [0.717, 1.165) is 57.3 Å². The fourth-order valence-electron chi connectivity index (χ4n) is 4.02. The van der Waals surface area contributed by atoms with E-state index in [1.807, 2.05) is 54.2 Å². The maximum absolute atomic E-state index is 11.6. The SMILES string of the molecule is CC(=O)Nc1cccc(-n2nc(-c3ccc(C)nc3)c3c2-c2sc(NC(C)=O)nc2CC3)c1. The molecule has 3 aromatic heterocycles. The summed E-state index contributed by atoms with van der Waals surface area (Å²) in [6, 6.07) is 11.6. The molecule has 4 aromatic rings. The summed E-state index contributed by atoms with van der Waals surface area (Å²) in [6.07, 6.45) is 3.39. The normalized spacial score (nSPS) is 12.1. The van der Waals surface area contributed by atoms with Crippen LogP contribution in [0.3, 0.4) is 0 Å². The van der Waals surface area contributed by atoms with Gasteiger partial charge in [-0.05, 0) is 50.1 Å². The molecule has 0 unspecified atom stereocenters. The molecule has 5 rings (SSSR count). The van der Waals surface area contributed by atoms with E-state index in [4.69, 9.17) is 5.10 Å². The number of thiazole rings is 1. The first kappa shape index (κ1) is 21.0. The molecular formula is C24H22N6O2S. The fourth-order valence-corrected chi connectivity index (χ4v) is 5.14. The number of amides is 2. The molecular weight excluding hydrogens is 436 g/mol. The van der Waals surface area contributed by atoms with Crippen LogP contribution in [0.15, 0.2) is 42.6 Å². The van der Waals surface area contributed by atoms with E-state index < -0.39 is 0 Å². The number of carbonyl (C=O) groups excluding carboxylic acids is 2. The summed E-state index contributed by atoms with van der Waals surface area (Å²) in [5, 5.41) is 11.2. The Morgan fingerprint density at radius 3 is 2.61 bits per heavy atom. The number of hydrogen-bond donors (Lipinski definition) is 2. The second-order valence-corrected chi connectivity index (χ2v) is 8.98. The number of carbonyl (C=O) groups is 2. The van der Waals surface area contributed by atoms with E-state index in [9.17, 15) is 9.59 Å². The first-order valence-corrected chi connectivity index (χ1v) is 11.4. The highest BCUT2D eigenvalue weighted by atomic mass is 32.1. The summed E-state index contributed by atoms with van der Waals surface area (Å²) < 4.78 is 1.91. The number of aryl methyl sites for hydroxylation is 2. The molecule has 0 bridgehead atoms. The Balaban J connectivity index is 1.71. The summed E-state index contributed by atoms with van der Waals surface area (Å²) in [5.74, 6) is -0.282. The number of fused-ring (bicyclic) bond motifs is 3. The molecule has 0 fully saturated rings. The zero-order chi connectivity index (χ0) is 23.1. The first-order valence-electron chi connectivity index (χ1n) is 10.6. The van der Waals surface area contributed by atoms with E-state index in [-0.39, 0.29) is 11.8 Å². The van der Waals surface area contributed by atoms with Crippen LogP contribution in [0.4, 0.5) is 10.8 Å². The molecule has 33 heavy (non-hydrogen) atoms. The average molecular weight is 459 g/mol. The van der Waals surface area contributed by atoms with Crippen molar-refractivity contribution in [1.82, 2.24) is 19.7 Å². The highest BCUT2D eigenvalue weighted by molar-refractivity contribution is 7.19. The van der Waals surface area contributed by atoms with Gasteiger partial charge in [-0.25, -0.2) is 9.67 Å². The van der Waals surface area contributed by atoms with Crippen molar-refractivity contribution >= 4 is 34.0 Å². The van der Waals surface area contributed by atoms with Gasteiger partial charge in [0.15, 0.2) is 5.13 Å². The molecule has 0 spiro atoms. The molecule has 2 N–H and O–H groups in total. The predicted octanol–water partition coefficient (Wildman–Crippen LogP) is 4.38. The van der Waals surface area contributed by atoms with Crippen molar-refractivity contribution in [3.05, 3.63) is 59.5 Å². The van der Waals surface area contributed by atoms with E-state index in [0.29, 0.717) is 10.8 Å². The molecule has 2 amide bonds. The standard InChI is InChI=1S/C24H22N6O2S/c1-13-7-8-16(12-25-13)21-19-9-10-20-23(33-24(28-20)27-15(3)32)22(19)30(29-21)18-6-4-5-17(11-18)26-14(2)31/h4-8,11-12H,9-10H2,1-3H3,(H,26,31)(H,27,28,32). The lowest BCUT2D eigenvalue weighted by atomic mass is 9.95. The molecule has 1 aromatic carbocycles. The quantitative estimate of drug-likeness (QED) is 0.473. The van der Waals surface area contributed by atoms with E-state index >= 15 is 0 Å². The van der Waals surface area contributed by atoms with Crippen LogP contribution in [0, 0.1) is 6.92 Å². The number of nitrogens with one attached hydrogen (secondary N) is 2. The van der Waals surface area contributed by atoms with Crippen molar-refractivity contribution < 1.29 is 9.59 Å². The number of pyridine rings is 1. The molecule has 0 saturated heterocycles. The number of aromatic nitrogens is 4. The fraction of sp³-hybridized carbons (Fsp3) is 0.208. The second kappa shape index (κ2) is 8.25. The van der Waals surface area contributed by atoms with Gasteiger partial charge in [0.1, 0.15) is 0 Å². The number of rotatable bonds is 4. The van der Waals surface area contributed by atoms with Crippen LogP contribution in [0.25, 0.3) is 27.5 Å². The summed E-state index contributed by atoms with van der Waals surface area (Å²) >= 11 is 1.45. The maximum atomic E-state index is 11.6. The minimum absolute atomic E-state index is 0.134. The Kier molecular flexibility index (Phi) is 5.26. The van der Waals surface area contributed by atoms with Crippen LogP contribution in [-0.4, -0.2) is 31.6 Å². The van der Waals surface area contributed by atoms with Gasteiger partial charge in [-0.15, -0.1) is 0 Å². The predicted molar refractivity (Wildman–Crippen MR) is 129 cm³/mol. The lowest BCUT2D eigenvalue weighted by Crippen LogP contribution is -2.08. The third kappa shape index (κ3) is 4.03. The number of benzene rings is 1. The Hall–Kier alpha value is -3.85. The average Bonchev–Trinajstić information content (AvgIpc) is 3.34. The lowest BCUT2D eigenvalue weighted by Gasteiger charge is -2.14. The molecule has 0 radical (unpaired) electrons. The smallest absolute Gasteiger partial charge is 0.223 e. The molecule has 0 aliphatic heterocycles. The Morgan fingerprint density at radius 1 is 1.06 bits per heavy atom. The van der Waals surface area contributed by atoms with Gasteiger partial charge in [0.2, 0.25) is 11.8 Å². The van der Waals surface area contributed by atoms with Crippen molar-refractivity contribution in [2.45, 2.75) is 33.6 Å². The largest absolute Gasteiger partial charge is 0.326 e. The molecule has 166 valence electrons. The van der Waals surface area contributed by atoms with Gasteiger partial charge >= 0.3 is 0 Å². The van der Waals surface area contributed by atoms with Crippen LogP contribution in [-0.2, 0) is 22.4 Å². The lowest BCUT2D eigenvalue weighted by molar-refractivity contribution is -0.115. The van der Waals surface area contributed by atoms with E-state index in [1.165, 1.54) is 25.2 Å². The van der Waals surface area contributed by atoms with Crippen molar-refractivity contribution in [2.75, 3.05) is 10.6 Å². The van der Waals surface area contributed by atoms with Crippen molar-refractivity contribution in [1.29, 1.82) is 0 Å². The third-order valence-electron chi connectivity index (χ3n) is 5.39. The summed E-state index contributed by atoms with van der Waals surface area (Å²) in [7, 11) is 0. The van der Waals surface area contributed by atoms with Crippen molar-refractivity contribution in [3.63, 3.8) is 0 Å². The van der Waals surface area contributed by atoms with Crippen LogP contribution < -0.4 is 10.6 Å². The highest BCUT2D eigenvalue weighted by Crippen LogP contribution is 2.44. The van der Waals surface area contributed by atoms with Crippen molar-refractivity contribution in [3.8, 4) is 27.5 Å². The summed E-state index contributed by atoms with van der Waals surface area (Å²) in [4.78, 5) is 33.3. The van der Waals surface area contributed by atoms with Crippen LogP contribution in [0.5, 0.6) is 0 Å². The van der Waals surface area contributed by atoms with Crippen LogP contribution in [0.2, 0.25) is 0 Å². The van der Waals surface area contributed by atoms with Crippen LogP contribution in [0.1, 0.15) is 30.8 Å². The molecule has 0 saturated carbocycles. The summed E-state index contributed by atoms with van der Waals surface area (Å²) in [6.45, 7) is 4.92. The Bertz CT molecular complexity index is 1390. The molecule has 0 atom stereocenters. The summed E-state index contributed by atoms with van der Waals surface area (Å²) in [5.41, 5.74) is 7.32. The zero-order valence-corrected chi connectivity index (χ0v) is 19.3. The Morgan fingerprint density at radius 2 is 1.88 bits per heavy atom. The second-order valence-electron chi connectivity index (χ2n) is 7.98. The molecule has 8 nitrogen and oxygen atoms in total. The van der Waals surface area contributed by atoms with Gasteiger partial charge in [-0.3, -0.25) is 14.6 Å². The van der Waals surface area contributed by atoms with Gasteiger partial charge in [0, 0.05) is 42.6 Å². The molecule has 1 aliphatic rings. The van der Waals surface area contributed by atoms with Gasteiger partial charge < -0.3 is 10.6 Å². The van der Waals surface area contributed by atoms with Gasteiger partial charge in [0.05, 0.1) is 27.6 Å². The number of anilines is 2. The highest BCUT2D eigenvalue weighted by Gasteiger charge is 2.30. The minimum atomic E-state index is -0.149. The number of hydrogen-bond acceptors (Lipinski definition) is 6. The first-order chi connectivity index (χ1) is 15.9. The van der Waals surface area contributed by atoms with E-state index in [1.54, 1.807) is 0 Å². The molecule has 9 heteroatoms. The maximum Gasteiger partial charge on any atom is 0.223 e. The van der Waals surface area contributed by atoms with Gasteiger partial charge in [-0.2, -0.15) is 5.10 Å². The Labute approximate surface area is 194 Å².